The van der Waals surface area contributed by atoms with Crippen molar-refractivity contribution in [1.29, 1.82) is 0 Å². The average Bonchev–Trinajstić information content (AvgIpc) is 2.44. The highest BCUT2D eigenvalue weighted by Gasteiger charge is 2.04. The van der Waals surface area contributed by atoms with E-state index in [1.54, 1.807) is 12.3 Å². The first-order chi connectivity index (χ1) is 9.65. The van der Waals surface area contributed by atoms with Crippen LogP contribution in [0.1, 0.15) is 21.6 Å². The van der Waals surface area contributed by atoms with E-state index in [1.807, 2.05) is 44.2 Å². The fraction of sp³-hybridized carbons (Fsp3) is 0.250. The van der Waals surface area contributed by atoms with Crippen LogP contribution in [0.4, 0.5) is 0 Å². The minimum absolute atomic E-state index is 0.134. The Morgan fingerprint density at radius 3 is 2.80 bits per heavy atom. The van der Waals surface area contributed by atoms with E-state index in [9.17, 15) is 4.79 Å². The van der Waals surface area contributed by atoms with Crippen LogP contribution in [0.3, 0.4) is 0 Å². The lowest BCUT2D eigenvalue weighted by molar-refractivity contribution is 0.0946. The maximum Gasteiger partial charge on any atom is 0.252 e. The monoisotopic (exact) mass is 270 g/mol. The number of aryl methyl sites for hydroxylation is 2. The van der Waals surface area contributed by atoms with Crippen molar-refractivity contribution in [3.63, 3.8) is 0 Å². The summed E-state index contributed by atoms with van der Waals surface area (Å²) in [5.74, 6) is 0.682. The SMILES string of the molecule is Cc1cccc(OCCNC(=O)c2ccc(C)nc2)c1. The number of nitrogens with zero attached hydrogens (tertiary/aromatic N) is 1. The van der Waals surface area contributed by atoms with E-state index >= 15 is 0 Å². The van der Waals surface area contributed by atoms with Gasteiger partial charge in [0, 0.05) is 11.9 Å². The standard InChI is InChI=1S/C16H18N2O2/c1-12-4-3-5-15(10-12)20-9-8-17-16(19)14-7-6-13(2)18-11-14/h3-7,10-11H,8-9H2,1-2H3,(H,17,19). The van der Waals surface area contributed by atoms with Crippen LogP contribution in [0.5, 0.6) is 5.75 Å². The molecule has 4 nitrogen and oxygen atoms in total. The van der Waals surface area contributed by atoms with Gasteiger partial charge in [-0.1, -0.05) is 12.1 Å². The van der Waals surface area contributed by atoms with Crippen molar-refractivity contribution in [2.24, 2.45) is 0 Å². The third kappa shape index (κ3) is 4.09. The van der Waals surface area contributed by atoms with E-state index in [4.69, 9.17) is 4.74 Å². The number of aromatic nitrogens is 1. The molecular formula is C16H18N2O2. The van der Waals surface area contributed by atoms with Gasteiger partial charge in [0.15, 0.2) is 0 Å². The van der Waals surface area contributed by atoms with E-state index in [-0.39, 0.29) is 5.91 Å². The fourth-order valence-corrected chi connectivity index (χ4v) is 1.74. The van der Waals surface area contributed by atoms with E-state index in [0.29, 0.717) is 18.7 Å². The van der Waals surface area contributed by atoms with Gasteiger partial charge >= 0.3 is 0 Å². The second kappa shape index (κ2) is 6.70. The number of hydrogen-bond donors (Lipinski definition) is 1. The van der Waals surface area contributed by atoms with Gasteiger partial charge in [0.05, 0.1) is 12.1 Å². The highest BCUT2D eigenvalue weighted by Crippen LogP contribution is 2.11. The Labute approximate surface area is 118 Å². The molecule has 0 bridgehead atoms. The molecule has 4 heteroatoms. The highest BCUT2D eigenvalue weighted by molar-refractivity contribution is 5.93. The topological polar surface area (TPSA) is 51.2 Å². The fourth-order valence-electron chi connectivity index (χ4n) is 1.74. The van der Waals surface area contributed by atoms with Crippen LogP contribution in [0.2, 0.25) is 0 Å². The summed E-state index contributed by atoms with van der Waals surface area (Å²) in [6, 6.07) is 11.4. The predicted octanol–water partition coefficient (Wildman–Crippen LogP) is 2.51. The molecule has 1 aromatic heterocycles. The molecule has 0 fully saturated rings. The van der Waals surface area contributed by atoms with Gasteiger partial charge in [0.1, 0.15) is 12.4 Å². The molecule has 0 spiro atoms. The Balaban J connectivity index is 1.76. The summed E-state index contributed by atoms with van der Waals surface area (Å²) >= 11 is 0. The molecule has 1 aromatic carbocycles. The van der Waals surface area contributed by atoms with Crippen LogP contribution in [0.25, 0.3) is 0 Å². The van der Waals surface area contributed by atoms with Gasteiger partial charge in [-0.25, -0.2) is 0 Å². The first-order valence-electron chi connectivity index (χ1n) is 6.55. The molecule has 1 amide bonds. The molecule has 2 rings (SSSR count). The molecule has 0 radical (unpaired) electrons. The third-order valence-electron chi connectivity index (χ3n) is 2.82. The summed E-state index contributed by atoms with van der Waals surface area (Å²) in [7, 11) is 0. The predicted molar refractivity (Wildman–Crippen MR) is 78.0 cm³/mol. The van der Waals surface area contributed by atoms with Gasteiger partial charge in [-0.3, -0.25) is 9.78 Å². The zero-order valence-corrected chi connectivity index (χ0v) is 11.7. The van der Waals surface area contributed by atoms with Crippen molar-refractivity contribution in [3.8, 4) is 5.75 Å². The van der Waals surface area contributed by atoms with Gasteiger partial charge in [0.25, 0.3) is 5.91 Å². The first-order valence-corrected chi connectivity index (χ1v) is 6.55. The van der Waals surface area contributed by atoms with Crippen LogP contribution in [0.15, 0.2) is 42.6 Å². The molecule has 0 saturated carbocycles. The number of pyridine rings is 1. The maximum absolute atomic E-state index is 11.8. The normalized spacial score (nSPS) is 10.1. The Morgan fingerprint density at radius 1 is 1.25 bits per heavy atom. The van der Waals surface area contributed by atoms with Crippen LogP contribution < -0.4 is 10.1 Å². The smallest absolute Gasteiger partial charge is 0.252 e. The molecule has 20 heavy (non-hydrogen) atoms. The minimum Gasteiger partial charge on any atom is -0.492 e. The molecule has 0 atom stereocenters. The summed E-state index contributed by atoms with van der Waals surface area (Å²) in [5, 5.41) is 2.80. The molecule has 1 heterocycles. The van der Waals surface area contributed by atoms with Gasteiger partial charge in [-0.2, -0.15) is 0 Å². The molecule has 1 N–H and O–H groups in total. The molecule has 0 aliphatic carbocycles. The van der Waals surface area contributed by atoms with E-state index < -0.39 is 0 Å². The molecule has 0 unspecified atom stereocenters. The van der Waals surface area contributed by atoms with Crippen molar-refractivity contribution in [1.82, 2.24) is 10.3 Å². The number of hydrogen-bond acceptors (Lipinski definition) is 3. The number of carbonyl (C=O) groups excluding carboxylic acids is 1. The van der Waals surface area contributed by atoms with Crippen molar-refractivity contribution in [2.75, 3.05) is 13.2 Å². The average molecular weight is 270 g/mol. The Hall–Kier alpha value is -2.36. The Bertz CT molecular complexity index is 579. The number of benzene rings is 1. The van der Waals surface area contributed by atoms with Crippen LogP contribution in [-0.2, 0) is 0 Å². The van der Waals surface area contributed by atoms with Crippen LogP contribution >= 0.6 is 0 Å². The number of amides is 1. The van der Waals surface area contributed by atoms with Gasteiger partial charge in [-0.05, 0) is 43.7 Å². The molecule has 104 valence electrons. The summed E-state index contributed by atoms with van der Waals surface area (Å²) in [6.07, 6.45) is 1.58. The highest BCUT2D eigenvalue weighted by atomic mass is 16.5. The van der Waals surface area contributed by atoms with Gasteiger partial charge in [0.2, 0.25) is 0 Å². The zero-order valence-electron chi connectivity index (χ0n) is 11.7. The lowest BCUT2D eigenvalue weighted by atomic mass is 10.2. The molecule has 0 aliphatic heterocycles. The van der Waals surface area contributed by atoms with E-state index in [0.717, 1.165) is 17.0 Å². The summed E-state index contributed by atoms with van der Waals surface area (Å²) in [5.41, 5.74) is 2.60. The summed E-state index contributed by atoms with van der Waals surface area (Å²) < 4.78 is 5.56. The largest absolute Gasteiger partial charge is 0.492 e. The number of ether oxygens (including phenoxy) is 1. The number of rotatable bonds is 5. The molecule has 0 aliphatic rings. The Kier molecular flexibility index (Phi) is 4.71. The van der Waals surface area contributed by atoms with Crippen molar-refractivity contribution >= 4 is 5.91 Å². The zero-order chi connectivity index (χ0) is 14.4. The van der Waals surface area contributed by atoms with Crippen LogP contribution in [0, 0.1) is 13.8 Å². The van der Waals surface area contributed by atoms with Crippen molar-refractivity contribution in [3.05, 3.63) is 59.4 Å². The molecular weight excluding hydrogens is 252 g/mol. The second-order valence-corrected chi connectivity index (χ2v) is 4.61. The van der Waals surface area contributed by atoms with Gasteiger partial charge < -0.3 is 10.1 Å². The van der Waals surface area contributed by atoms with Crippen LogP contribution in [-0.4, -0.2) is 24.0 Å². The molecule has 2 aromatic rings. The lowest BCUT2D eigenvalue weighted by Crippen LogP contribution is -2.28. The maximum atomic E-state index is 11.8. The third-order valence-corrected chi connectivity index (χ3v) is 2.82. The Morgan fingerprint density at radius 2 is 2.10 bits per heavy atom. The molecule has 0 saturated heterocycles. The second-order valence-electron chi connectivity index (χ2n) is 4.61. The summed E-state index contributed by atoms with van der Waals surface area (Å²) in [4.78, 5) is 15.9. The van der Waals surface area contributed by atoms with Crippen molar-refractivity contribution < 1.29 is 9.53 Å². The number of carbonyl (C=O) groups is 1. The minimum atomic E-state index is -0.134. The van der Waals surface area contributed by atoms with E-state index in [1.165, 1.54) is 0 Å². The van der Waals surface area contributed by atoms with Gasteiger partial charge in [-0.15, -0.1) is 0 Å². The van der Waals surface area contributed by atoms with E-state index in [2.05, 4.69) is 10.3 Å². The quantitative estimate of drug-likeness (QED) is 0.849. The lowest BCUT2D eigenvalue weighted by Gasteiger charge is -2.08. The first kappa shape index (κ1) is 14.1. The summed E-state index contributed by atoms with van der Waals surface area (Å²) in [6.45, 7) is 4.80. The van der Waals surface area contributed by atoms with Crippen molar-refractivity contribution in [2.45, 2.75) is 13.8 Å². The number of nitrogens with one attached hydrogen (secondary N) is 1.